The average molecular weight is 429 g/mol. The molecule has 0 bridgehead atoms. The monoisotopic (exact) mass is 429 g/mol. The zero-order valence-electron chi connectivity index (χ0n) is 18.0. The summed E-state index contributed by atoms with van der Waals surface area (Å²) in [5.41, 5.74) is 1.61. The molecule has 0 saturated heterocycles. The van der Waals surface area contributed by atoms with E-state index in [1.54, 1.807) is 51.1 Å². The molecule has 3 amide bonds. The van der Waals surface area contributed by atoms with Gasteiger partial charge >= 0.3 is 6.09 Å². The van der Waals surface area contributed by atoms with Gasteiger partial charge in [0.15, 0.2) is 0 Å². The lowest BCUT2D eigenvalue weighted by Crippen LogP contribution is -2.37. The largest absolute Gasteiger partial charge is 0.444 e. The van der Waals surface area contributed by atoms with Crippen molar-refractivity contribution >= 4 is 23.6 Å². The first-order valence-electron chi connectivity index (χ1n) is 9.97. The number of benzene rings is 2. The van der Waals surface area contributed by atoms with Crippen molar-refractivity contribution in [3.05, 3.63) is 65.5 Å². The van der Waals surface area contributed by atoms with Crippen LogP contribution in [0.15, 0.2) is 48.5 Å². The highest BCUT2D eigenvalue weighted by Gasteiger charge is 2.16. The summed E-state index contributed by atoms with van der Waals surface area (Å²) in [5, 5.41) is 7.90. The molecule has 2 aromatic carbocycles. The average Bonchev–Trinajstić information content (AvgIpc) is 2.69. The third-order valence-electron chi connectivity index (χ3n) is 4.05. The van der Waals surface area contributed by atoms with Gasteiger partial charge in [0.25, 0.3) is 0 Å². The summed E-state index contributed by atoms with van der Waals surface area (Å²) < 4.78 is 18.0. The summed E-state index contributed by atoms with van der Waals surface area (Å²) in [4.78, 5) is 35.7. The molecule has 0 aliphatic carbocycles. The van der Waals surface area contributed by atoms with Gasteiger partial charge < -0.3 is 20.7 Å². The molecule has 0 atom stereocenters. The topological polar surface area (TPSA) is 96.5 Å². The Hall–Kier alpha value is -3.42. The Bertz CT molecular complexity index is 908. The SMILES string of the molecule is CC(C)(C)OC(=O)NCC(=O)Nc1cccc(CNC(=O)CCc2ccc(F)cc2)c1. The zero-order chi connectivity index (χ0) is 22.9. The summed E-state index contributed by atoms with van der Waals surface area (Å²) in [7, 11) is 0. The molecule has 0 aromatic heterocycles. The molecule has 0 spiro atoms. The van der Waals surface area contributed by atoms with Crippen molar-refractivity contribution < 1.29 is 23.5 Å². The number of carbonyl (C=O) groups is 3. The second kappa shape index (κ2) is 11.1. The fourth-order valence-electron chi connectivity index (χ4n) is 2.63. The number of amides is 3. The Morgan fingerprint density at radius 1 is 0.935 bits per heavy atom. The number of anilines is 1. The number of carbonyl (C=O) groups excluding carboxylic acids is 3. The van der Waals surface area contributed by atoms with Crippen LogP contribution in [0, 0.1) is 5.82 Å². The number of hydrogen-bond acceptors (Lipinski definition) is 4. The van der Waals surface area contributed by atoms with Gasteiger partial charge in [-0.05, 0) is 62.6 Å². The van der Waals surface area contributed by atoms with Crippen molar-refractivity contribution in [3.8, 4) is 0 Å². The summed E-state index contributed by atoms with van der Waals surface area (Å²) in [6.45, 7) is 5.29. The number of rotatable bonds is 8. The summed E-state index contributed by atoms with van der Waals surface area (Å²) in [6.07, 6.45) is 0.144. The maximum atomic E-state index is 12.9. The van der Waals surface area contributed by atoms with Crippen molar-refractivity contribution in [1.82, 2.24) is 10.6 Å². The number of ether oxygens (including phenoxy) is 1. The normalized spacial score (nSPS) is 10.8. The van der Waals surface area contributed by atoms with Crippen LogP contribution in [-0.4, -0.2) is 30.1 Å². The van der Waals surface area contributed by atoms with Gasteiger partial charge in [0, 0.05) is 18.7 Å². The van der Waals surface area contributed by atoms with Gasteiger partial charge in [-0.2, -0.15) is 0 Å². The highest BCUT2D eigenvalue weighted by Crippen LogP contribution is 2.11. The second-order valence-electron chi connectivity index (χ2n) is 8.01. The molecular weight excluding hydrogens is 401 g/mol. The Balaban J connectivity index is 1.75. The van der Waals surface area contributed by atoms with E-state index < -0.39 is 17.6 Å². The number of halogens is 1. The van der Waals surface area contributed by atoms with Crippen LogP contribution in [-0.2, 0) is 27.3 Å². The standard InChI is InChI=1S/C23H28FN3O4/c1-23(2,3)31-22(30)26-15-21(29)27-19-6-4-5-17(13-19)14-25-20(28)12-9-16-7-10-18(24)11-8-16/h4-8,10-11,13H,9,12,14-15H2,1-3H3,(H,25,28)(H,26,30)(H,27,29). The van der Waals surface area contributed by atoms with Crippen molar-refractivity contribution in [2.75, 3.05) is 11.9 Å². The van der Waals surface area contributed by atoms with Crippen LogP contribution in [0.3, 0.4) is 0 Å². The predicted octanol–water partition coefficient (Wildman–Crippen LogP) is 3.54. The third kappa shape index (κ3) is 9.75. The zero-order valence-corrected chi connectivity index (χ0v) is 18.0. The summed E-state index contributed by atoms with van der Waals surface area (Å²) >= 11 is 0. The number of aryl methyl sites for hydroxylation is 1. The molecule has 0 saturated carbocycles. The lowest BCUT2D eigenvalue weighted by Gasteiger charge is -2.19. The highest BCUT2D eigenvalue weighted by atomic mass is 19.1. The first kappa shape index (κ1) is 23.9. The molecule has 3 N–H and O–H groups in total. The van der Waals surface area contributed by atoms with Crippen LogP contribution in [0.5, 0.6) is 0 Å². The van der Waals surface area contributed by atoms with Gasteiger partial charge in [-0.25, -0.2) is 9.18 Å². The van der Waals surface area contributed by atoms with Crippen LogP contribution < -0.4 is 16.0 Å². The molecule has 2 rings (SSSR count). The molecule has 0 aliphatic heterocycles. The minimum atomic E-state index is -0.667. The second-order valence-corrected chi connectivity index (χ2v) is 8.01. The van der Waals surface area contributed by atoms with Gasteiger partial charge in [0.2, 0.25) is 11.8 Å². The minimum absolute atomic E-state index is 0.125. The maximum absolute atomic E-state index is 12.9. The number of nitrogens with one attached hydrogen (secondary N) is 3. The molecule has 0 unspecified atom stereocenters. The lowest BCUT2D eigenvalue weighted by molar-refractivity contribution is -0.121. The van der Waals surface area contributed by atoms with Gasteiger partial charge in [0.1, 0.15) is 18.0 Å². The van der Waals surface area contributed by atoms with Crippen LogP contribution in [0.1, 0.15) is 38.3 Å². The minimum Gasteiger partial charge on any atom is -0.444 e. The lowest BCUT2D eigenvalue weighted by atomic mass is 10.1. The Morgan fingerprint density at radius 3 is 2.32 bits per heavy atom. The van der Waals surface area contributed by atoms with Crippen molar-refractivity contribution in [3.63, 3.8) is 0 Å². The van der Waals surface area contributed by atoms with E-state index in [1.807, 2.05) is 6.07 Å². The van der Waals surface area contributed by atoms with E-state index in [4.69, 9.17) is 4.74 Å². The molecular formula is C23H28FN3O4. The fraction of sp³-hybridized carbons (Fsp3) is 0.348. The van der Waals surface area contributed by atoms with E-state index in [0.717, 1.165) is 11.1 Å². The van der Waals surface area contributed by atoms with Crippen LogP contribution in [0.2, 0.25) is 0 Å². The molecule has 0 aliphatic rings. The Morgan fingerprint density at radius 2 is 1.65 bits per heavy atom. The molecule has 0 fully saturated rings. The van der Waals surface area contributed by atoms with Crippen molar-refractivity contribution in [2.45, 2.75) is 45.8 Å². The van der Waals surface area contributed by atoms with Gasteiger partial charge in [-0.3, -0.25) is 9.59 Å². The molecule has 31 heavy (non-hydrogen) atoms. The number of alkyl carbamates (subject to hydrolysis) is 1. The first-order chi connectivity index (χ1) is 14.6. The van der Waals surface area contributed by atoms with Crippen LogP contribution >= 0.6 is 0 Å². The van der Waals surface area contributed by atoms with Gasteiger partial charge in [-0.1, -0.05) is 24.3 Å². The fourth-order valence-corrected chi connectivity index (χ4v) is 2.63. The van der Waals surface area contributed by atoms with E-state index >= 15 is 0 Å². The van der Waals surface area contributed by atoms with E-state index in [9.17, 15) is 18.8 Å². The third-order valence-corrected chi connectivity index (χ3v) is 4.05. The molecule has 7 nitrogen and oxygen atoms in total. The maximum Gasteiger partial charge on any atom is 0.408 e. The molecule has 8 heteroatoms. The predicted molar refractivity (Wildman–Crippen MR) is 116 cm³/mol. The first-order valence-corrected chi connectivity index (χ1v) is 9.97. The molecule has 2 aromatic rings. The van der Waals surface area contributed by atoms with Gasteiger partial charge in [0.05, 0.1) is 0 Å². The van der Waals surface area contributed by atoms with E-state index in [1.165, 1.54) is 12.1 Å². The van der Waals surface area contributed by atoms with Crippen molar-refractivity contribution in [1.29, 1.82) is 0 Å². The smallest absolute Gasteiger partial charge is 0.408 e. The van der Waals surface area contributed by atoms with Crippen LogP contribution in [0.25, 0.3) is 0 Å². The summed E-state index contributed by atoms with van der Waals surface area (Å²) in [5.74, 6) is -0.826. The van der Waals surface area contributed by atoms with Crippen molar-refractivity contribution in [2.24, 2.45) is 0 Å². The van der Waals surface area contributed by atoms with E-state index in [0.29, 0.717) is 25.1 Å². The number of hydrogen-bond donors (Lipinski definition) is 3. The summed E-state index contributed by atoms with van der Waals surface area (Å²) in [6, 6.07) is 13.1. The molecule has 0 radical (unpaired) electrons. The van der Waals surface area contributed by atoms with E-state index in [2.05, 4.69) is 16.0 Å². The van der Waals surface area contributed by atoms with Crippen LogP contribution in [0.4, 0.5) is 14.9 Å². The Labute approximate surface area is 181 Å². The molecule has 166 valence electrons. The quantitative estimate of drug-likeness (QED) is 0.598. The molecule has 0 heterocycles. The van der Waals surface area contributed by atoms with E-state index in [-0.39, 0.29) is 18.3 Å². The highest BCUT2D eigenvalue weighted by molar-refractivity contribution is 5.93. The Kier molecular flexibility index (Phi) is 8.54. The van der Waals surface area contributed by atoms with Gasteiger partial charge in [-0.15, -0.1) is 0 Å².